The highest BCUT2D eigenvalue weighted by atomic mass is 35.5. The Balaban J connectivity index is 1.75. The molecule has 130 valence electrons. The predicted molar refractivity (Wildman–Crippen MR) is 92.2 cm³/mol. The van der Waals surface area contributed by atoms with Gasteiger partial charge in [0.2, 0.25) is 6.10 Å². The quantitative estimate of drug-likeness (QED) is 0.783. The normalized spacial score (nSPS) is 15.8. The number of carbonyl (C=O) groups is 2. The number of anilines is 1. The number of nitrogens with zero attached hydrogens (tertiary/aromatic N) is 1. The van der Waals surface area contributed by atoms with Crippen LogP contribution in [0.25, 0.3) is 0 Å². The van der Waals surface area contributed by atoms with E-state index in [1.807, 2.05) is 0 Å². The molecule has 1 aliphatic heterocycles. The number of rotatable bonds is 4. The van der Waals surface area contributed by atoms with Crippen molar-refractivity contribution in [2.45, 2.75) is 6.10 Å². The number of para-hydroxylation sites is 2. The summed E-state index contributed by atoms with van der Waals surface area (Å²) in [6.45, 7) is -0.115. The van der Waals surface area contributed by atoms with E-state index in [4.69, 9.17) is 25.8 Å². The Hall–Kier alpha value is -2.73. The molecule has 1 amide bonds. The molecule has 0 fully saturated rings. The third-order valence-corrected chi connectivity index (χ3v) is 3.97. The zero-order valence-electron chi connectivity index (χ0n) is 13.5. The zero-order chi connectivity index (χ0) is 17.8. The minimum atomic E-state index is -0.876. The molecule has 25 heavy (non-hydrogen) atoms. The lowest BCUT2D eigenvalue weighted by atomic mass is 10.2. The Morgan fingerprint density at radius 3 is 2.64 bits per heavy atom. The van der Waals surface area contributed by atoms with Gasteiger partial charge in [0.15, 0.2) is 6.61 Å². The van der Waals surface area contributed by atoms with Gasteiger partial charge in [-0.2, -0.15) is 0 Å². The number of fused-ring (bicyclic) bond motifs is 1. The topological polar surface area (TPSA) is 65.1 Å². The van der Waals surface area contributed by atoms with E-state index in [9.17, 15) is 9.59 Å². The van der Waals surface area contributed by atoms with Gasteiger partial charge in [0.05, 0.1) is 19.3 Å². The number of halogens is 1. The first-order chi connectivity index (χ1) is 12.1. The number of hydrogen-bond donors (Lipinski definition) is 0. The maximum absolute atomic E-state index is 12.6. The minimum absolute atomic E-state index is 0.0620. The van der Waals surface area contributed by atoms with Crippen LogP contribution in [0.4, 0.5) is 5.69 Å². The molecule has 0 saturated carbocycles. The molecule has 3 rings (SSSR count). The SMILES string of the molecule is COC(=O)[C@H]1CN(C(=O)COc2ccc(Cl)cc2)c2ccccc2O1. The van der Waals surface area contributed by atoms with Crippen LogP contribution in [-0.2, 0) is 14.3 Å². The Kier molecular flexibility index (Phi) is 5.09. The molecule has 7 heteroatoms. The van der Waals surface area contributed by atoms with Crippen molar-refractivity contribution >= 4 is 29.2 Å². The Labute approximate surface area is 149 Å². The molecule has 0 bridgehead atoms. The largest absolute Gasteiger partial charge is 0.484 e. The van der Waals surface area contributed by atoms with E-state index in [-0.39, 0.29) is 19.1 Å². The standard InChI is InChI=1S/C18H16ClNO5/c1-23-18(22)16-10-20(14-4-2-3-5-15(14)25-16)17(21)11-24-13-8-6-12(19)7-9-13/h2-9,16H,10-11H2,1H3/t16-/m1/s1. The number of carbonyl (C=O) groups excluding carboxylic acids is 2. The average molecular weight is 362 g/mol. The van der Waals surface area contributed by atoms with Gasteiger partial charge >= 0.3 is 5.97 Å². The molecule has 2 aromatic rings. The van der Waals surface area contributed by atoms with Crippen molar-refractivity contribution in [2.75, 3.05) is 25.2 Å². The van der Waals surface area contributed by atoms with Crippen molar-refractivity contribution in [1.29, 1.82) is 0 Å². The first-order valence-corrected chi connectivity index (χ1v) is 7.98. The van der Waals surface area contributed by atoms with Crippen LogP contribution in [0.5, 0.6) is 11.5 Å². The number of amides is 1. The molecule has 0 unspecified atom stereocenters. The molecule has 0 radical (unpaired) electrons. The van der Waals surface area contributed by atoms with Gasteiger partial charge in [-0.05, 0) is 36.4 Å². The van der Waals surface area contributed by atoms with Gasteiger partial charge in [0, 0.05) is 5.02 Å². The van der Waals surface area contributed by atoms with Crippen LogP contribution in [0.1, 0.15) is 0 Å². The molecule has 6 nitrogen and oxygen atoms in total. The van der Waals surface area contributed by atoms with Gasteiger partial charge in [-0.1, -0.05) is 23.7 Å². The fourth-order valence-electron chi connectivity index (χ4n) is 2.48. The van der Waals surface area contributed by atoms with E-state index in [1.54, 1.807) is 48.5 Å². The monoisotopic (exact) mass is 361 g/mol. The van der Waals surface area contributed by atoms with Gasteiger partial charge in [-0.3, -0.25) is 4.79 Å². The number of methoxy groups -OCH3 is 1. The van der Waals surface area contributed by atoms with E-state index in [0.717, 1.165) is 0 Å². The second kappa shape index (κ2) is 7.44. The van der Waals surface area contributed by atoms with Crippen LogP contribution in [0.2, 0.25) is 5.02 Å². The molecule has 0 aliphatic carbocycles. The van der Waals surface area contributed by atoms with Crippen molar-refractivity contribution in [1.82, 2.24) is 0 Å². The van der Waals surface area contributed by atoms with E-state index < -0.39 is 12.1 Å². The highest BCUT2D eigenvalue weighted by Crippen LogP contribution is 2.33. The molecular weight excluding hydrogens is 346 g/mol. The molecule has 0 spiro atoms. The van der Waals surface area contributed by atoms with Gasteiger partial charge in [0.1, 0.15) is 11.5 Å². The van der Waals surface area contributed by atoms with Crippen LogP contribution < -0.4 is 14.4 Å². The molecule has 0 aromatic heterocycles. The fraction of sp³-hybridized carbons (Fsp3) is 0.222. The highest BCUT2D eigenvalue weighted by molar-refractivity contribution is 6.30. The zero-order valence-corrected chi connectivity index (χ0v) is 14.2. The second-order valence-corrected chi connectivity index (χ2v) is 5.78. The number of benzene rings is 2. The molecule has 1 aliphatic rings. The van der Waals surface area contributed by atoms with Gasteiger partial charge in [0.25, 0.3) is 5.91 Å². The summed E-state index contributed by atoms with van der Waals surface area (Å²) < 4.78 is 15.9. The molecule has 1 atom stereocenters. The first-order valence-electron chi connectivity index (χ1n) is 7.60. The van der Waals surface area contributed by atoms with E-state index >= 15 is 0 Å². The third kappa shape index (κ3) is 3.85. The lowest BCUT2D eigenvalue weighted by molar-refractivity contribution is -0.148. The van der Waals surface area contributed by atoms with E-state index in [0.29, 0.717) is 22.2 Å². The molecule has 1 heterocycles. The number of hydrogen-bond acceptors (Lipinski definition) is 5. The summed E-state index contributed by atoms with van der Waals surface area (Å²) in [4.78, 5) is 25.9. The van der Waals surface area contributed by atoms with Crippen molar-refractivity contribution in [2.24, 2.45) is 0 Å². The Bertz CT molecular complexity index is 777. The van der Waals surface area contributed by atoms with Crippen LogP contribution in [0, 0.1) is 0 Å². The third-order valence-electron chi connectivity index (χ3n) is 3.71. The van der Waals surface area contributed by atoms with Crippen molar-refractivity contribution in [3.8, 4) is 11.5 Å². The van der Waals surface area contributed by atoms with Crippen LogP contribution in [-0.4, -0.2) is 38.2 Å². The summed E-state index contributed by atoms with van der Waals surface area (Å²) in [6.07, 6.45) is -0.876. The van der Waals surface area contributed by atoms with Crippen molar-refractivity contribution in [3.05, 3.63) is 53.6 Å². The van der Waals surface area contributed by atoms with Crippen molar-refractivity contribution < 1.29 is 23.8 Å². The maximum atomic E-state index is 12.6. The summed E-state index contributed by atoms with van der Waals surface area (Å²) in [5.74, 6) is 0.151. The molecule has 0 saturated heterocycles. The summed E-state index contributed by atoms with van der Waals surface area (Å²) >= 11 is 5.82. The van der Waals surface area contributed by atoms with Crippen LogP contribution in [0.3, 0.4) is 0 Å². The highest BCUT2D eigenvalue weighted by Gasteiger charge is 2.34. The average Bonchev–Trinajstić information content (AvgIpc) is 2.65. The maximum Gasteiger partial charge on any atom is 0.348 e. The second-order valence-electron chi connectivity index (χ2n) is 5.34. The Morgan fingerprint density at radius 1 is 1.20 bits per heavy atom. The first kappa shape index (κ1) is 17.1. The molecule has 0 N–H and O–H groups in total. The van der Waals surface area contributed by atoms with Crippen LogP contribution in [0.15, 0.2) is 48.5 Å². The summed E-state index contributed by atoms with van der Waals surface area (Å²) in [5, 5.41) is 0.585. The fourth-order valence-corrected chi connectivity index (χ4v) is 2.60. The predicted octanol–water partition coefficient (Wildman–Crippen LogP) is 2.69. The summed E-state index contributed by atoms with van der Waals surface area (Å²) in [7, 11) is 1.28. The van der Waals surface area contributed by atoms with Gasteiger partial charge < -0.3 is 19.1 Å². The van der Waals surface area contributed by atoms with Crippen LogP contribution >= 0.6 is 11.6 Å². The summed E-state index contributed by atoms with van der Waals surface area (Å²) in [6, 6.07) is 13.7. The van der Waals surface area contributed by atoms with Gasteiger partial charge in [-0.15, -0.1) is 0 Å². The Morgan fingerprint density at radius 2 is 1.92 bits per heavy atom. The van der Waals surface area contributed by atoms with E-state index in [2.05, 4.69) is 0 Å². The number of esters is 1. The van der Waals surface area contributed by atoms with Crippen molar-refractivity contribution in [3.63, 3.8) is 0 Å². The van der Waals surface area contributed by atoms with Gasteiger partial charge in [-0.25, -0.2) is 4.79 Å². The summed E-state index contributed by atoms with van der Waals surface area (Å²) in [5.41, 5.74) is 0.590. The molecule has 2 aromatic carbocycles. The van der Waals surface area contributed by atoms with E-state index in [1.165, 1.54) is 12.0 Å². The molecular formula is C18H16ClNO5. The lowest BCUT2D eigenvalue weighted by Crippen LogP contribution is -2.48. The lowest BCUT2D eigenvalue weighted by Gasteiger charge is -2.33. The minimum Gasteiger partial charge on any atom is -0.484 e. The smallest absolute Gasteiger partial charge is 0.348 e. The number of ether oxygens (including phenoxy) is 3.